The standard InChI is InChI=1S/C13H16N2O6/c1-8-5-9(3-4-10(8)21-2)14-13(20)15(6-11(16)17)7-12(18)19/h3-5H,6-7H2,1-2H3,(H,14,20)(H,16,17)(H,18,19). The van der Waals surface area contributed by atoms with Crippen molar-refractivity contribution in [3.05, 3.63) is 23.8 Å². The van der Waals surface area contributed by atoms with E-state index in [0.717, 1.165) is 5.56 Å². The molecule has 21 heavy (non-hydrogen) atoms. The summed E-state index contributed by atoms with van der Waals surface area (Å²) in [4.78, 5) is 33.9. The molecule has 0 aliphatic carbocycles. The average molecular weight is 296 g/mol. The number of hydrogen-bond acceptors (Lipinski definition) is 4. The number of aryl methyl sites for hydroxylation is 1. The summed E-state index contributed by atoms with van der Waals surface area (Å²) in [5, 5.41) is 19.8. The number of benzene rings is 1. The number of ether oxygens (including phenoxy) is 1. The Kier molecular flexibility index (Phi) is 5.53. The summed E-state index contributed by atoms with van der Waals surface area (Å²) in [5.41, 5.74) is 1.19. The highest BCUT2D eigenvalue weighted by atomic mass is 16.5. The molecule has 0 fully saturated rings. The first-order valence-electron chi connectivity index (χ1n) is 5.97. The molecule has 0 unspecified atom stereocenters. The summed E-state index contributed by atoms with van der Waals surface area (Å²) in [6.07, 6.45) is 0. The Morgan fingerprint density at radius 1 is 1.19 bits per heavy atom. The van der Waals surface area contributed by atoms with Gasteiger partial charge in [0.1, 0.15) is 18.8 Å². The van der Waals surface area contributed by atoms with Gasteiger partial charge in [-0.2, -0.15) is 0 Å². The molecule has 8 nitrogen and oxygen atoms in total. The predicted octanol–water partition coefficient (Wildman–Crippen LogP) is 1.01. The van der Waals surface area contributed by atoms with Crippen molar-refractivity contribution in [1.82, 2.24) is 4.90 Å². The van der Waals surface area contributed by atoms with Gasteiger partial charge in [0.25, 0.3) is 0 Å². The molecule has 1 aromatic carbocycles. The van der Waals surface area contributed by atoms with Crippen molar-refractivity contribution in [3.8, 4) is 5.75 Å². The molecule has 0 atom stereocenters. The van der Waals surface area contributed by atoms with E-state index in [1.807, 2.05) is 0 Å². The second-order valence-corrected chi connectivity index (χ2v) is 4.26. The molecule has 3 N–H and O–H groups in total. The van der Waals surface area contributed by atoms with Gasteiger partial charge in [-0.15, -0.1) is 0 Å². The van der Waals surface area contributed by atoms with Crippen LogP contribution in [0, 0.1) is 6.92 Å². The topological polar surface area (TPSA) is 116 Å². The molecule has 0 saturated heterocycles. The zero-order chi connectivity index (χ0) is 16.0. The Labute approximate surface area is 120 Å². The lowest BCUT2D eigenvalue weighted by Crippen LogP contribution is -2.41. The Morgan fingerprint density at radius 2 is 1.76 bits per heavy atom. The van der Waals surface area contributed by atoms with Gasteiger partial charge in [-0.25, -0.2) is 4.79 Å². The van der Waals surface area contributed by atoms with Crippen molar-refractivity contribution in [3.63, 3.8) is 0 Å². The Bertz CT molecular complexity index is 542. The van der Waals surface area contributed by atoms with E-state index in [2.05, 4.69) is 5.32 Å². The Hall–Kier alpha value is -2.77. The largest absolute Gasteiger partial charge is 0.496 e. The van der Waals surface area contributed by atoms with Gasteiger partial charge < -0.3 is 25.2 Å². The third-order valence-electron chi connectivity index (χ3n) is 2.59. The van der Waals surface area contributed by atoms with Crippen molar-refractivity contribution >= 4 is 23.7 Å². The van der Waals surface area contributed by atoms with Crippen LogP contribution in [0.3, 0.4) is 0 Å². The Morgan fingerprint density at radius 3 is 2.19 bits per heavy atom. The molecule has 0 spiro atoms. The fraction of sp³-hybridized carbons (Fsp3) is 0.308. The third kappa shape index (κ3) is 5.01. The van der Waals surface area contributed by atoms with E-state index in [-0.39, 0.29) is 0 Å². The number of carboxylic acids is 2. The molecule has 8 heteroatoms. The van der Waals surface area contributed by atoms with Gasteiger partial charge in [0.2, 0.25) is 0 Å². The van der Waals surface area contributed by atoms with E-state index < -0.39 is 31.1 Å². The summed E-state index contributed by atoms with van der Waals surface area (Å²) in [6, 6.07) is 4.05. The van der Waals surface area contributed by atoms with E-state index >= 15 is 0 Å². The second-order valence-electron chi connectivity index (χ2n) is 4.26. The normalized spacial score (nSPS) is 9.81. The van der Waals surface area contributed by atoms with Gasteiger partial charge in [0, 0.05) is 5.69 Å². The highest BCUT2D eigenvalue weighted by Gasteiger charge is 2.19. The van der Waals surface area contributed by atoms with Crippen LogP contribution in [-0.2, 0) is 9.59 Å². The first-order chi connectivity index (χ1) is 9.83. The first kappa shape index (κ1) is 16.3. The second kappa shape index (κ2) is 7.13. The number of rotatable bonds is 6. The van der Waals surface area contributed by atoms with Crippen LogP contribution < -0.4 is 10.1 Å². The van der Waals surface area contributed by atoms with Crippen LogP contribution >= 0.6 is 0 Å². The molecule has 0 radical (unpaired) electrons. The predicted molar refractivity (Wildman–Crippen MR) is 73.6 cm³/mol. The van der Waals surface area contributed by atoms with Crippen LogP contribution in [0.5, 0.6) is 5.75 Å². The summed E-state index contributed by atoms with van der Waals surface area (Å²) >= 11 is 0. The number of carboxylic acid groups (broad SMARTS) is 2. The quantitative estimate of drug-likeness (QED) is 0.721. The van der Waals surface area contributed by atoms with Crippen LogP contribution in [0.15, 0.2) is 18.2 Å². The van der Waals surface area contributed by atoms with Gasteiger partial charge in [-0.05, 0) is 30.7 Å². The van der Waals surface area contributed by atoms with E-state index in [9.17, 15) is 14.4 Å². The van der Waals surface area contributed by atoms with Crippen molar-refractivity contribution < 1.29 is 29.3 Å². The number of carbonyl (C=O) groups is 3. The molecule has 2 amide bonds. The lowest BCUT2D eigenvalue weighted by Gasteiger charge is -2.19. The fourth-order valence-electron chi connectivity index (χ4n) is 1.68. The molecule has 0 aliphatic rings. The number of aliphatic carboxylic acids is 2. The molecular weight excluding hydrogens is 280 g/mol. The van der Waals surface area contributed by atoms with Crippen molar-refractivity contribution in [2.75, 3.05) is 25.5 Å². The summed E-state index contributed by atoms with van der Waals surface area (Å²) in [5.74, 6) is -1.95. The number of hydrogen-bond donors (Lipinski definition) is 3. The maximum absolute atomic E-state index is 11.9. The minimum absolute atomic E-state index is 0.416. The molecule has 0 saturated carbocycles. The van der Waals surface area contributed by atoms with Gasteiger partial charge in [-0.1, -0.05) is 0 Å². The average Bonchev–Trinajstić information content (AvgIpc) is 2.37. The van der Waals surface area contributed by atoms with Gasteiger partial charge in [-0.3, -0.25) is 9.59 Å². The van der Waals surface area contributed by atoms with Gasteiger partial charge in [0.15, 0.2) is 0 Å². The number of urea groups is 1. The number of methoxy groups -OCH3 is 1. The molecule has 0 aliphatic heterocycles. The van der Waals surface area contributed by atoms with Crippen molar-refractivity contribution in [1.29, 1.82) is 0 Å². The highest BCUT2D eigenvalue weighted by Crippen LogP contribution is 2.21. The lowest BCUT2D eigenvalue weighted by atomic mass is 10.2. The van der Waals surface area contributed by atoms with Gasteiger partial charge >= 0.3 is 18.0 Å². The third-order valence-corrected chi connectivity index (χ3v) is 2.59. The van der Waals surface area contributed by atoms with Gasteiger partial charge in [0.05, 0.1) is 7.11 Å². The smallest absolute Gasteiger partial charge is 0.323 e. The van der Waals surface area contributed by atoms with Crippen LogP contribution in [0.1, 0.15) is 5.56 Å². The molecule has 1 aromatic rings. The van der Waals surface area contributed by atoms with Crippen molar-refractivity contribution in [2.45, 2.75) is 6.92 Å². The number of carbonyl (C=O) groups excluding carboxylic acids is 1. The molecular formula is C13H16N2O6. The fourth-order valence-corrected chi connectivity index (χ4v) is 1.68. The molecule has 0 aromatic heterocycles. The first-order valence-corrected chi connectivity index (χ1v) is 5.97. The highest BCUT2D eigenvalue weighted by molar-refractivity contribution is 5.93. The van der Waals surface area contributed by atoms with Crippen LogP contribution in [-0.4, -0.2) is 53.3 Å². The maximum atomic E-state index is 11.9. The minimum Gasteiger partial charge on any atom is -0.496 e. The molecule has 114 valence electrons. The number of amides is 2. The van der Waals surface area contributed by atoms with Crippen LogP contribution in [0.25, 0.3) is 0 Å². The zero-order valence-corrected chi connectivity index (χ0v) is 11.6. The maximum Gasteiger partial charge on any atom is 0.323 e. The van der Waals surface area contributed by atoms with E-state index in [4.69, 9.17) is 14.9 Å². The van der Waals surface area contributed by atoms with E-state index in [0.29, 0.717) is 16.3 Å². The monoisotopic (exact) mass is 296 g/mol. The number of nitrogens with one attached hydrogen (secondary N) is 1. The Balaban J connectivity index is 2.82. The van der Waals surface area contributed by atoms with Crippen LogP contribution in [0.2, 0.25) is 0 Å². The summed E-state index contributed by atoms with van der Waals surface area (Å²) < 4.78 is 5.08. The van der Waals surface area contributed by atoms with Crippen LogP contribution in [0.4, 0.5) is 10.5 Å². The van der Waals surface area contributed by atoms with E-state index in [1.54, 1.807) is 25.1 Å². The SMILES string of the molecule is COc1ccc(NC(=O)N(CC(=O)O)CC(=O)O)cc1C. The number of anilines is 1. The minimum atomic E-state index is -1.29. The molecule has 0 heterocycles. The zero-order valence-electron chi connectivity index (χ0n) is 11.6. The summed E-state index contributed by atoms with van der Waals surface area (Å²) in [7, 11) is 1.52. The molecule has 1 rings (SSSR count). The lowest BCUT2D eigenvalue weighted by molar-refractivity contribution is -0.140. The van der Waals surface area contributed by atoms with E-state index in [1.165, 1.54) is 7.11 Å². The summed E-state index contributed by atoms with van der Waals surface area (Å²) in [6.45, 7) is 0.376. The molecule has 0 bridgehead atoms. The van der Waals surface area contributed by atoms with Crippen molar-refractivity contribution in [2.24, 2.45) is 0 Å². The number of nitrogens with zero attached hydrogens (tertiary/aromatic N) is 1.